The summed E-state index contributed by atoms with van der Waals surface area (Å²) in [7, 11) is 0. The second-order valence-electron chi connectivity index (χ2n) is 4.31. The molecule has 0 aliphatic carbocycles. The van der Waals surface area contributed by atoms with E-state index in [9.17, 15) is 5.11 Å². The minimum Gasteiger partial charge on any atom is -0.392 e. The number of hydrogen-bond acceptors (Lipinski definition) is 3. The lowest BCUT2D eigenvalue weighted by atomic mass is 10.1. The molecule has 1 aromatic heterocycles. The molecule has 3 aromatic rings. The molecule has 0 aliphatic rings. The third-order valence-corrected chi connectivity index (χ3v) is 3.42. The van der Waals surface area contributed by atoms with Crippen molar-refractivity contribution in [1.82, 2.24) is 15.0 Å². The van der Waals surface area contributed by atoms with Gasteiger partial charge >= 0.3 is 0 Å². The smallest absolute Gasteiger partial charge is 0.113 e. The standard InChI is InChI=1S/C15H12ClN3O/c16-13-7-4-8-15(12(13)10-20)19-9-14(17-18-19)11-5-2-1-3-6-11/h1-9,20H,10H2. The summed E-state index contributed by atoms with van der Waals surface area (Å²) in [5.41, 5.74) is 3.13. The van der Waals surface area contributed by atoms with Gasteiger partial charge in [0.05, 0.1) is 18.5 Å². The van der Waals surface area contributed by atoms with Gasteiger partial charge in [-0.25, -0.2) is 4.68 Å². The average molecular weight is 286 g/mol. The highest BCUT2D eigenvalue weighted by atomic mass is 35.5. The van der Waals surface area contributed by atoms with Gasteiger partial charge in [0, 0.05) is 16.1 Å². The maximum atomic E-state index is 9.44. The van der Waals surface area contributed by atoms with E-state index in [0.717, 1.165) is 16.9 Å². The molecule has 0 saturated heterocycles. The molecule has 2 aromatic carbocycles. The van der Waals surface area contributed by atoms with Crippen molar-refractivity contribution in [2.75, 3.05) is 0 Å². The van der Waals surface area contributed by atoms with Crippen molar-refractivity contribution in [2.45, 2.75) is 6.61 Å². The number of aliphatic hydroxyl groups excluding tert-OH is 1. The zero-order valence-corrected chi connectivity index (χ0v) is 11.3. The lowest BCUT2D eigenvalue weighted by Gasteiger charge is -2.07. The van der Waals surface area contributed by atoms with Crippen molar-refractivity contribution in [3.8, 4) is 16.9 Å². The average Bonchev–Trinajstić information content (AvgIpc) is 2.97. The Labute approximate surface area is 121 Å². The minimum atomic E-state index is -0.143. The van der Waals surface area contributed by atoms with Crippen LogP contribution in [0.5, 0.6) is 0 Å². The van der Waals surface area contributed by atoms with Crippen molar-refractivity contribution < 1.29 is 5.11 Å². The topological polar surface area (TPSA) is 50.9 Å². The monoisotopic (exact) mass is 285 g/mol. The molecule has 0 aliphatic heterocycles. The second-order valence-corrected chi connectivity index (χ2v) is 4.72. The molecule has 0 bridgehead atoms. The van der Waals surface area contributed by atoms with E-state index in [-0.39, 0.29) is 6.61 Å². The molecule has 4 nitrogen and oxygen atoms in total. The highest BCUT2D eigenvalue weighted by molar-refractivity contribution is 6.31. The van der Waals surface area contributed by atoms with Crippen LogP contribution < -0.4 is 0 Å². The van der Waals surface area contributed by atoms with E-state index >= 15 is 0 Å². The summed E-state index contributed by atoms with van der Waals surface area (Å²) >= 11 is 6.08. The van der Waals surface area contributed by atoms with E-state index in [1.165, 1.54) is 0 Å². The number of benzene rings is 2. The van der Waals surface area contributed by atoms with Crippen LogP contribution in [-0.2, 0) is 6.61 Å². The third-order valence-electron chi connectivity index (χ3n) is 3.06. The molecule has 1 heterocycles. The van der Waals surface area contributed by atoms with Gasteiger partial charge in [0.25, 0.3) is 0 Å². The van der Waals surface area contributed by atoms with Crippen LogP contribution in [0, 0.1) is 0 Å². The summed E-state index contributed by atoms with van der Waals surface area (Å²) in [5, 5.41) is 18.2. The first-order valence-electron chi connectivity index (χ1n) is 6.16. The van der Waals surface area contributed by atoms with Gasteiger partial charge in [0.1, 0.15) is 5.69 Å². The van der Waals surface area contributed by atoms with E-state index in [0.29, 0.717) is 10.6 Å². The van der Waals surface area contributed by atoms with Crippen molar-refractivity contribution in [1.29, 1.82) is 0 Å². The molecule has 1 N–H and O–H groups in total. The molecular weight excluding hydrogens is 274 g/mol. The highest BCUT2D eigenvalue weighted by Gasteiger charge is 2.10. The summed E-state index contributed by atoms with van der Waals surface area (Å²) in [5.74, 6) is 0. The normalized spacial score (nSPS) is 10.7. The zero-order valence-electron chi connectivity index (χ0n) is 10.6. The SMILES string of the molecule is OCc1c(Cl)cccc1-n1cc(-c2ccccc2)nn1. The first-order chi connectivity index (χ1) is 9.79. The van der Waals surface area contributed by atoms with Crippen LogP contribution in [0.2, 0.25) is 5.02 Å². The molecule has 0 amide bonds. The van der Waals surface area contributed by atoms with Crippen molar-refractivity contribution in [3.63, 3.8) is 0 Å². The Morgan fingerprint density at radius 2 is 1.85 bits per heavy atom. The van der Waals surface area contributed by atoms with Crippen molar-refractivity contribution >= 4 is 11.6 Å². The zero-order chi connectivity index (χ0) is 13.9. The number of hydrogen-bond donors (Lipinski definition) is 1. The van der Waals surface area contributed by atoms with Gasteiger partial charge < -0.3 is 5.11 Å². The fourth-order valence-electron chi connectivity index (χ4n) is 2.04. The highest BCUT2D eigenvalue weighted by Crippen LogP contribution is 2.24. The summed E-state index contributed by atoms with van der Waals surface area (Å²) in [6.07, 6.45) is 1.82. The Morgan fingerprint density at radius 3 is 2.60 bits per heavy atom. The van der Waals surface area contributed by atoms with Gasteiger partial charge in [-0.15, -0.1) is 5.10 Å². The maximum Gasteiger partial charge on any atom is 0.113 e. The van der Waals surface area contributed by atoms with E-state index in [2.05, 4.69) is 10.3 Å². The summed E-state index contributed by atoms with van der Waals surface area (Å²) in [6.45, 7) is -0.143. The predicted octanol–water partition coefficient (Wildman–Crippen LogP) is 3.08. The molecule has 0 unspecified atom stereocenters. The quantitative estimate of drug-likeness (QED) is 0.804. The Balaban J connectivity index is 2.05. The summed E-state index contributed by atoms with van der Waals surface area (Å²) < 4.78 is 1.62. The van der Waals surface area contributed by atoms with Crippen LogP contribution in [0.4, 0.5) is 0 Å². The summed E-state index contributed by atoms with van der Waals surface area (Å²) in [4.78, 5) is 0. The number of aromatic nitrogens is 3. The first kappa shape index (κ1) is 12.8. The lowest BCUT2D eigenvalue weighted by molar-refractivity contribution is 0.281. The Hall–Kier alpha value is -2.17. The summed E-state index contributed by atoms with van der Waals surface area (Å²) in [6, 6.07) is 15.2. The molecule has 0 saturated carbocycles. The molecule has 0 spiro atoms. The molecule has 3 rings (SSSR count). The second kappa shape index (κ2) is 5.45. The van der Waals surface area contributed by atoms with Crippen LogP contribution in [0.25, 0.3) is 16.9 Å². The maximum absolute atomic E-state index is 9.44. The third kappa shape index (κ3) is 2.31. The molecule has 0 fully saturated rings. The number of aliphatic hydroxyl groups is 1. The van der Waals surface area contributed by atoms with E-state index in [1.807, 2.05) is 48.7 Å². The Bertz CT molecular complexity index is 725. The van der Waals surface area contributed by atoms with Gasteiger partial charge in [-0.2, -0.15) is 0 Å². The van der Waals surface area contributed by atoms with Crippen LogP contribution in [-0.4, -0.2) is 20.1 Å². The van der Waals surface area contributed by atoms with Crippen LogP contribution in [0.1, 0.15) is 5.56 Å². The van der Waals surface area contributed by atoms with Gasteiger partial charge in [-0.1, -0.05) is 53.2 Å². The van der Waals surface area contributed by atoms with E-state index in [4.69, 9.17) is 11.6 Å². The Kier molecular flexibility index (Phi) is 3.50. The van der Waals surface area contributed by atoms with Crippen LogP contribution in [0.3, 0.4) is 0 Å². The number of rotatable bonds is 3. The fourth-order valence-corrected chi connectivity index (χ4v) is 2.27. The van der Waals surface area contributed by atoms with Crippen molar-refractivity contribution in [2.24, 2.45) is 0 Å². The van der Waals surface area contributed by atoms with Crippen LogP contribution in [0.15, 0.2) is 54.7 Å². The molecule has 100 valence electrons. The largest absolute Gasteiger partial charge is 0.392 e. The molecule has 20 heavy (non-hydrogen) atoms. The van der Waals surface area contributed by atoms with E-state index in [1.54, 1.807) is 10.7 Å². The van der Waals surface area contributed by atoms with Gasteiger partial charge in [-0.05, 0) is 12.1 Å². The number of nitrogens with zero attached hydrogens (tertiary/aromatic N) is 3. The van der Waals surface area contributed by atoms with Gasteiger partial charge in [-0.3, -0.25) is 0 Å². The Morgan fingerprint density at radius 1 is 1.05 bits per heavy atom. The minimum absolute atomic E-state index is 0.143. The molecular formula is C15H12ClN3O. The predicted molar refractivity (Wildman–Crippen MR) is 77.7 cm³/mol. The lowest BCUT2D eigenvalue weighted by Crippen LogP contribution is -2.01. The van der Waals surface area contributed by atoms with E-state index < -0.39 is 0 Å². The molecule has 0 atom stereocenters. The fraction of sp³-hybridized carbons (Fsp3) is 0.0667. The van der Waals surface area contributed by atoms with Gasteiger partial charge in [0.2, 0.25) is 0 Å². The molecule has 5 heteroatoms. The van der Waals surface area contributed by atoms with Gasteiger partial charge in [0.15, 0.2) is 0 Å². The molecule has 0 radical (unpaired) electrons. The number of halogens is 1. The van der Waals surface area contributed by atoms with Crippen LogP contribution >= 0.6 is 11.6 Å². The van der Waals surface area contributed by atoms with Crippen molar-refractivity contribution in [3.05, 3.63) is 65.3 Å². The first-order valence-corrected chi connectivity index (χ1v) is 6.54.